The molecule has 6 nitrogen and oxygen atoms in total. The van der Waals surface area contributed by atoms with Crippen LogP contribution in [0.3, 0.4) is 0 Å². The third kappa shape index (κ3) is 4.60. The van der Waals surface area contributed by atoms with Crippen LogP contribution in [0.1, 0.15) is 36.2 Å². The van der Waals surface area contributed by atoms with E-state index in [0.29, 0.717) is 23.7 Å². The Morgan fingerprint density at radius 2 is 1.96 bits per heavy atom. The van der Waals surface area contributed by atoms with Gasteiger partial charge in [0.15, 0.2) is 5.69 Å². The van der Waals surface area contributed by atoms with E-state index in [1.165, 1.54) is 6.42 Å². The van der Waals surface area contributed by atoms with Gasteiger partial charge in [-0.3, -0.25) is 9.59 Å². The van der Waals surface area contributed by atoms with Gasteiger partial charge in [0.1, 0.15) is 0 Å². The minimum Gasteiger partial charge on any atom is -0.350 e. The Labute approximate surface area is 151 Å². The molecule has 25 heavy (non-hydrogen) atoms. The van der Waals surface area contributed by atoms with Crippen molar-refractivity contribution in [1.29, 1.82) is 0 Å². The van der Waals surface area contributed by atoms with Crippen LogP contribution in [-0.4, -0.2) is 46.1 Å². The molecule has 0 radical (unpaired) electrons. The normalized spacial score (nSPS) is 14.4. The Bertz CT molecular complexity index is 753. The Kier molecular flexibility index (Phi) is 5.71. The van der Waals surface area contributed by atoms with E-state index in [2.05, 4.69) is 10.4 Å². The van der Waals surface area contributed by atoms with E-state index in [1.54, 1.807) is 29.1 Å². The topological polar surface area (TPSA) is 67.2 Å². The molecule has 0 unspecified atom stereocenters. The smallest absolute Gasteiger partial charge is 0.271 e. The molecule has 1 N–H and O–H groups in total. The van der Waals surface area contributed by atoms with Crippen molar-refractivity contribution in [2.45, 2.75) is 25.7 Å². The number of hydrogen-bond donors (Lipinski definition) is 1. The second-order valence-corrected chi connectivity index (χ2v) is 6.51. The average Bonchev–Trinajstić information content (AvgIpc) is 3.12. The van der Waals surface area contributed by atoms with Crippen LogP contribution >= 0.6 is 11.6 Å². The maximum absolute atomic E-state index is 12.2. The third-order valence-corrected chi connectivity index (χ3v) is 4.46. The highest BCUT2D eigenvalue weighted by molar-refractivity contribution is 6.30. The summed E-state index contributed by atoms with van der Waals surface area (Å²) in [4.78, 5) is 26.1. The molecule has 1 saturated heterocycles. The van der Waals surface area contributed by atoms with Crippen molar-refractivity contribution in [3.8, 4) is 5.69 Å². The van der Waals surface area contributed by atoms with E-state index in [-0.39, 0.29) is 11.8 Å². The van der Waals surface area contributed by atoms with Crippen LogP contribution in [0.15, 0.2) is 36.5 Å². The summed E-state index contributed by atoms with van der Waals surface area (Å²) in [6, 6.07) is 8.88. The van der Waals surface area contributed by atoms with Crippen LogP contribution in [-0.2, 0) is 4.79 Å². The molecular formula is C18H21ClN4O2. The van der Waals surface area contributed by atoms with Crippen LogP contribution in [0, 0.1) is 0 Å². The molecule has 2 aromatic rings. The first-order valence-electron chi connectivity index (χ1n) is 8.51. The van der Waals surface area contributed by atoms with Gasteiger partial charge in [-0.25, -0.2) is 4.68 Å². The zero-order valence-electron chi connectivity index (χ0n) is 13.9. The number of nitrogens with one attached hydrogen (secondary N) is 1. The number of aromatic nitrogens is 2. The van der Waals surface area contributed by atoms with Crippen molar-refractivity contribution in [2.75, 3.05) is 19.6 Å². The second-order valence-electron chi connectivity index (χ2n) is 6.07. The first kappa shape index (κ1) is 17.5. The zero-order chi connectivity index (χ0) is 17.6. The number of halogens is 1. The van der Waals surface area contributed by atoms with Crippen molar-refractivity contribution in [2.24, 2.45) is 0 Å². The lowest BCUT2D eigenvalue weighted by Gasteiger charge is -2.26. The number of nitrogens with zero attached hydrogens (tertiary/aromatic N) is 3. The maximum atomic E-state index is 12.2. The Morgan fingerprint density at radius 3 is 2.72 bits per heavy atom. The monoisotopic (exact) mass is 360 g/mol. The molecule has 0 saturated carbocycles. The van der Waals surface area contributed by atoms with Crippen LogP contribution in [0.5, 0.6) is 0 Å². The molecule has 1 fully saturated rings. The summed E-state index contributed by atoms with van der Waals surface area (Å²) in [5, 5.41) is 7.62. The second kappa shape index (κ2) is 8.16. The lowest BCUT2D eigenvalue weighted by molar-refractivity contribution is -0.131. The fourth-order valence-corrected chi connectivity index (χ4v) is 3.07. The Balaban J connectivity index is 1.51. The van der Waals surface area contributed by atoms with Crippen molar-refractivity contribution in [1.82, 2.24) is 20.0 Å². The lowest BCUT2D eigenvalue weighted by Crippen LogP contribution is -2.37. The fraction of sp³-hybridized carbons (Fsp3) is 0.389. The van der Waals surface area contributed by atoms with Gasteiger partial charge in [0.2, 0.25) is 5.91 Å². The number of carbonyl (C=O) groups excluding carboxylic acids is 2. The Morgan fingerprint density at radius 1 is 1.16 bits per heavy atom. The van der Waals surface area contributed by atoms with Crippen LogP contribution in [0.2, 0.25) is 5.02 Å². The highest BCUT2D eigenvalue weighted by Crippen LogP contribution is 2.14. The first-order chi connectivity index (χ1) is 12.1. The summed E-state index contributed by atoms with van der Waals surface area (Å²) >= 11 is 5.97. The average molecular weight is 361 g/mol. The number of amides is 2. The molecule has 2 heterocycles. The number of carbonyl (C=O) groups is 2. The van der Waals surface area contributed by atoms with Crippen molar-refractivity contribution >= 4 is 23.4 Å². The molecule has 0 spiro atoms. The van der Waals surface area contributed by atoms with E-state index < -0.39 is 0 Å². The first-order valence-corrected chi connectivity index (χ1v) is 8.89. The van der Waals surface area contributed by atoms with Crippen LogP contribution < -0.4 is 5.32 Å². The molecule has 1 aliphatic rings. The van der Waals surface area contributed by atoms with E-state index in [4.69, 9.17) is 11.6 Å². The van der Waals surface area contributed by atoms with Crippen LogP contribution in [0.25, 0.3) is 5.69 Å². The lowest BCUT2D eigenvalue weighted by atomic mass is 10.1. The van der Waals surface area contributed by atoms with Gasteiger partial charge in [-0.05, 0) is 43.5 Å². The molecule has 0 bridgehead atoms. The van der Waals surface area contributed by atoms with Gasteiger partial charge in [0, 0.05) is 37.3 Å². The zero-order valence-corrected chi connectivity index (χ0v) is 14.7. The minimum atomic E-state index is -0.285. The number of hydrogen-bond acceptors (Lipinski definition) is 3. The predicted octanol–water partition coefficient (Wildman–Crippen LogP) is 2.66. The van der Waals surface area contributed by atoms with Crippen molar-refractivity contribution in [3.05, 3.63) is 47.2 Å². The molecule has 1 aromatic carbocycles. The summed E-state index contributed by atoms with van der Waals surface area (Å²) in [7, 11) is 0. The molecule has 7 heteroatoms. The van der Waals surface area contributed by atoms with E-state index in [0.717, 1.165) is 31.6 Å². The van der Waals surface area contributed by atoms with Gasteiger partial charge in [0.05, 0.1) is 5.69 Å². The summed E-state index contributed by atoms with van der Waals surface area (Å²) < 4.78 is 1.60. The standard InChI is InChI=1S/C18H21ClN4O2/c19-14-5-4-6-15(13-14)23-12-8-16(21-23)18(25)20-9-7-17(24)22-10-2-1-3-11-22/h4-6,8,12-13H,1-3,7,9-11H2,(H,20,25). The molecule has 132 valence electrons. The molecule has 0 aliphatic carbocycles. The molecule has 2 amide bonds. The maximum Gasteiger partial charge on any atom is 0.271 e. The van der Waals surface area contributed by atoms with Crippen molar-refractivity contribution in [3.63, 3.8) is 0 Å². The van der Waals surface area contributed by atoms with Gasteiger partial charge >= 0.3 is 0 Å². The van der Waals surface area contributed by atoms with E-state index in [1.807, 2.05) is 17.0 Å². The summed E-state index contributed by atoms with van der Waals surface area (Å²) in [5.41, 5.74) is 1.09. The Hall–Kier alpha value is -2.34. The van der Waals surface area contributed by atoms with Gasteiger partial charge < -0.3 is 10.2 Å². The summed E-state index contributed by atoms with van der Waals surface area (Å²) in [5.74, 6) is -0.184. The largest absolute Gasteiger partial charge is 0.350 e. The SMILES string of the molecule is O=C(NCCC(=O)N1CCCCC1)c1ccn(-c2cccc(Cl)c2)n1. The molecular weight excluding hydrogens is 340 g/mol. The highest BCUT2D eigenvalue weighted by atomic mass is 35.5. The van der Waals surface area contributed by atoms with Crippen LogP contribution in [0.4, 0.5) is 0 Å². The minimum absolute atomic E-state index is 0.101. The highest BCUT2D eigenvalue weighted by Gasteiger charge is 2.17. The molecule has 1 aromatic heterocycles. The number of rotatable bonds is 5. The third-order valence-electron chi connectivity index (χ3n) is 4.23. The number of likely N-dealkylation sites (tertiary alicyclic amines) is 1. The molecule has 0 atom stereocenters. The van der Waals surface area contributed by atoms with E-state index >= 15 is 0 Å². The van der Waals surface area contributed by atoms with Gasteiger partial charge in [0.25, 0.3) is 5.91 Å². The van der Waals surface area contributed by atoms with E-state index in [9.17, 15) is 9.59 Å². The molecule has 3 rings (SSSR count). The summed E-state index contributed by atoms with van der Waals surface area (Å²) in [6.45, 7) is 1.98. The fourth-order valence-electron chi connectivity index (χ4n) is 2.88. The molecule has 1 aliphatic heterocycles. The van der Waals surface area contributed by atoms with Gasteiger partial charge in [-0.2, -0.15) is 5.10 Å². The van der Waals surface area contributed by atoms with Gasteiger partial charge in [-0.1, -0.05) is 17.7 Å². The number of benzene rings is 1. The predicted molar refractivity (Wildman–Crippen MR) is 96.0 cm³/mol. The number of piperidine rings is 1. The summed E-state index contributed by atoms with van der Waals surface area (Å²) in [6.07, 6.45) is 5.36. The van der Waals surface area contributed by atoms with Crippen molar-refractivity contribution < 1.29 is 9.59 Å². The van der Waals surface area contributed by atoms with Gasteiger partial charge in [-0.15, -0.1) is 0 Å². The quantitative estimate of drug-likeness (QED) is 0.891.